The van der Waals surface area contributed by atoms with Gasteiger partial charge >= 0.3 is 0 Å². The summed E-state index contributed by atoms with van der Waals surface area (Å²) < 4.78 is 9.73. The third-order valence-electron chi connectivity index (χ3n) is 2.19. The van der Waals surface area contributed by atoms with E-state index >= 15 is 0 Å². The number of nitrogens with two attached hydrogens (primary N) is 1. The van der Waals surface area contributed by atoms with Crippen molar-refractivity contribution in [2.24, 2.45) is 5.73 Å². The fourth-order valence-corrected chi connectivity index (χ4v) is 1.40. The summed E-state index contributed by atoms with van der Waals surface area (Å²) in [6.45, 7) is -0.384. The van der Waals surface area contributed by atoms with Crippen LogP contribution in [0.5, 0.6) is 0 Å². The second-order valence-electron chi connectivity index (χ2n) is 3.02. The lowest BCUT2D eigenvalue weighted by atomic mass is 9.98. The van der Waals surface area contributed by atoms with Gasteiger partial charge in [0, 0.05) is 7.11 Å². The zero-order valence-corrected chi connectivity index (χ0v) is 7.33. The van der Waals surface area contributed by atoms with Crippen molar-refractivity contribution in [1.29, 1.82) is 0 Å². The first-order valence-electron chi connectivity index (χ1n) is 4.02. The molecule has 6 heteroatoms. The average molecular weight is 193 g/mol. The van der Waals surface area contributed by atoms with Gasteiger partial charge in [-0.15, -0.1) is 0 Å². The molecule has 0 amide bonds. The number of aliphatic hydroxyl groups is 3. The van der Waals surface area contributed by atoms with Crippen LogP contribution in [0.2, 0.25) is 0 Å². The van der Waals surface area contributed by atoms with Crippen LogP contribution >= 0.6 is 0 Å². The Kier molecular flexibility index (Phi) is 3.60. The average Bonchev–Trinajstić information content (AvgIpc) is 2.12. The first kappa shape index (κ1) is 10.8. The zero-order valence-electron chi connectivity index (χ0n) is 7.33. The molecule has 0 bridgehead atoms. The van der Waals surface area contributed by atoms with Crippen LogP contribution in [0.15, 0.2) is 0 Å². The molecule has 0 aliphatic carbocycles. The van der Waals surface area contributed by atoms with Gasteiger partial charge in [-0.25, -0.2) is 0 Å². The molecule has 0 radical (unpaired) electrons. The highest BCUT2D eigenvalue weighted by Crippen LogP contribution is 2.20. The summed E-state index contributed by atoms with van der Waals surface area (Å²) in [6, 6.07) is -0.803. The minimum Gasteiger partial charge on any atom is -0.394 e. The number of hydrogen-bond acceptors (Lipinski definition) is 6. The van der Waals surface area contributed by atoms with Crippen molar-refractivity contribution < 1.29 is 24.8 Å². The summed E-state index contributed by atoms with van der Waals surface area (Å²) in [6.07, 6.45) is -3.81. The lowest BCUT2D eigenvalue weighted by Gasteiger charge is -2.39. The number of rotatable bonds is 2. The van der Waals surface area contributed by atoms with Crippen molar-refractivity contribution in [3.63, 3.8) is 0 Å². The second kappa shape index (κ2) is 4.32. The molecule has 6 nitrogen and oxygen atoms in total. The van der Waals surface area contributed by atoms with Gasteiger partial charge < -0.3 is 30.5 Å². The smallest absolute Gasteiger partial charge is 0.173 e. The summed E-state index contributed by atoms with van der Waals surface area (Å²) in [7, 11) is 1.38. The van der Waals surface area contributed by atoms with Crippen LogP contribution < -0.4 is 5.73 Å². The maximum atomic E-state index is 9.52. The topological polar surface area (TPSA) is 105 Å². The first-order valence-corrected chi connectivity index (χ1v) is 4.02. The molecule has 1 aliphatic heterocycles. The van der Waals surface area contributed by atoms with E-state index in [1.165, 1.54) is 7.11 Å². The van der Waals surface area contributed by atoms with Gasteiger partial charge in [-0.2, -0.15) is 0 Å². The summed E-state index contributed by atoms with van der Waals surface area (Å²) in [5.74, 6) is 0. The van der Waals surface area contributed by atoms with E-state index in [1.54, 1.807) is 0 Å². The molecule has 1 rings (SSSR count). The first-order chi connectivity index (χ1) is 6.11. The summed E-state index contributed by atoms with van der Waals surface area (Å²) in [5, 5.41) is 27.6. The third kappa shape index (κ3) is 1.98. The molecule has 0 spiro atoms. The Morgan fingerprint density at radius 1 is 1.46 bits per heavy atom. The zero-order chi connectivity index (χ0) is 10.0. The minimum atomic E-state index is -1.22. The van der Waals surface area contributed by atoms with Crippen LogP contribution in [-0.2, 0) is 9.47 Å². The van der Waals surface area contributed by atoms with Gasteiger partial charge in [0.05, 0.1) is 12.6 Å². The van der Waals surface area contributed by atoms with Crippen molar-refractivity contribution in [3.8, 4) is 0 Å². The maximum Gasteiger partial charge on any atom is 0.173 e. The normalized spacial score (nSPS) is 46.4. The predicted octanol–water partition coefficient (Wildman–Crippen LogP) is -2.60. The standard InChI is InChI=1S/C7H15NO5/c1-12-6-4(8)7(11)13-3(2-9)5(6)10/h3-7,9-11H,2,8H2,1H3/t3-,4-,5-,6-,7+/m1/s1. The molecule has 13 heavy (non-hydrogen) atoms. The van der Waals surface area contributed by atoms with E-state index in [0.717, 1.165) is 0 Å². The summed E-state index contributed by atoms with van der Waals surface area (Å²) >= 11 is 0. The van der Waals surface area contributed by atoms with Gasteiger partial charge in [0.1, 0.15) is 18.3 Å². The molecule has 0 aromatic carbocycles. The molecule has 1 aliphatic rings. The van der Waals surface area contributed by atoms with E-state index in [4.69, 9.17) is 20.3 Å². The second-order valence-corrected chi connectivity index (χ2v) is 3.02. The Bertz CT molecular complexity index is 167. The molecule has 5 N–H and O–H groups in total. The monoisotopic (exact) mass is 193 g/mol. The molecular weight excluding hydrogens is 178 g/mol. The van der Waals surface area contributed by atoms with Gasteiger partial charge in [0.15, 0.2) is 6.29 Å². The fourth-order valence-electron chi connectivity index (χ4n) is 1.40. The number of hydrogen-bond donors (Lipinski definition) is 4. The van der Waals surface area contributed by atoms with Crippen LogP contribution in [0.25, 0.3) is 0 Å². The molecule has 0 unspecified atom stereocenters. The number of ether oxygens (including phenoxy) is 2. The Morgan fingerprint density at radius 2 is 2.08 bits per heavy atom. The number of methoxy groups -OCH3 is 1. The van der Waals surface area contributed by atoms with Crippen LogP contribution in [-0.4, -0.2) is 59.7 Å². The van der Waals surface area contributed by atoms with Gasteiger partial charge in [-0.3, -0.25) is 0 Å². The van der Waals surface area contributed by atoms with Crippen LogP contribution in [0.1, 0.15) is 0 Å². The lowest BCUT2D eigenvalue weighted by molar-refractivity contribution is -0.253. The van der Waals surface area contributed by atoms with E-state index in [1.807, 2.05) is 0 Å². The lowest BCUT2D eigenvalue weighted by Crippen LogP contribution is -2.62. The van der Waals surface area contributed by atoms with Crippen molar-refractivity contribution in [2.45, 2.75) is 30.6 Å². The number of aliphatic hydroxyl groups excluding tert-OH is 3. The Morgan fingerprint density at radius 3 is 2.54 bits per heavy atom. The largest absolute Gasteiger partial charge is 0.394 e. The van der Waals surface area contributed by atoms with Crippen LogP contribution in [0, 0.1) is 0 Å². The van der Waals surface area contributed by atoms with E-state index < -0.39 is 30.6 Å². The molecule has 0 saturated carbocycles. The van der Waals surface area contributed by atoms with E-state index in [0.29, 0.717) is 0 Å². The van der Waals surface area contributed by atoms with E-state index in [2.05, 4.69) is 0 Å². The highest BCUT2D eigenvalue weighted by atomic mass is 16.6. The van der Waals surface area contributed by atoms with E-state index in [-0.39, 0.29) is 6.61 Å². The SMILES string of the molecule is CO[C@@H]1[C@@H](N)[C@@H](O)O[C@H](CO)[C@H]1O. The molecule has 1 fully saturated rings. The molecule has 0 aromatic heterocycles. The van der Waals surface area contributed by atoms with Gasteiger partial charge in [0.25, 0.3) is 0 Å². The van der Waals surface area contributed by atoms with Gasteiger partial charge in [0.2, 0.25) is 0 Å². The molecular formula is C7H15NO5. The van der Waals surface area contributed by atoms with Gasteiger partial charge in [-0.1, -0.05) is 0 Å². The van der Waals surface area contributed by atoms with Crippen molar-refractivity contribution >= 4 is 0 Å². The summed E-state index contributed by atoms with van der Waals surface area (Å²) in [5.41, 5.74) is 5.50. The molecule has 1 saturated heterocycles. The fraction of sp³-hybridized carbons (Fsp3) is 1.00. The highest BCUT2D eigenvalue weighted by molar-refractivity contribution is 4.91. The molecule has 78 valence electrons. The van der Waals surface area contributed by atoms with Crippen molar-refractivity contribution in [2.75, 3.05) is 13.7 Å². The summed E-state index contributed by atoms with van der Waals surface area (Å²) in [4.78, 5) is 0. The minimum absolute atomic E-state index is 0.384. The van der Waals surface area contributed by atoms with Crippen LogP contribution in [0.4, 0.5) is 0 Å². The van der Waals surface area contributed by atoms with Gasteiger partial charge in [-0.05, 0) is 0 Å². The molecule has 0 aromatic rings. The van der Waals surface area contributed by atoms with E-state index in [9.17, 15) is 10.2 Å². The van der Waals surface area contributed by atoms with Crippen molar-refractivity contribution in [1.82, 2.24) is 0 Å². The highest BCUT2D eigenvalue weighted by Gasteiger charge is 2.42. The van der Waals surface area contributed by atoms with Crippen molar-refractivity contribution in [3.05, 3.63) is 0 Å². The third-order valence-corrected chi connectivity index (χ3v) is 2.19. The predicted molar refractivity (Wildman–Crippen MR) is 42.7 cm³/mol. The molecule has 1 heterocycles. The van der Waals surface area contributed by atoms with Crippen LogP contribution in [0.3, 0.4) is 0 Å². The quantitative estimate of drug-likeness (QED) is 0.383. The Hall–Kier alpha value is -0.240. The Labute approximate surface area is 75.9 Å². The molecule has 5 atom stereocenters. The maximum absolute atomic E-state index is 9.52. The Balaban J connectivity index is 2.69.